The molecule has 0 unspecified atom stereocenters. The van der Waals surface area contributed by atoms with Gasteiger partial charge in [0.1, 0.15) is 0 Å². The number of hydrogen-bond donors (Lipinski definition) is 0. The van der Waals surface area contributed by atoms with E-state index in [1.165, 1.54) is 4.90 Å². The van der Waals surface area contributed by atoms with Crippen LogP contribution in [0.1, 0.15) is 33.3 Å². The van der Waals surface area contributed by atoms with Crippen LogP contribution < -0.4 is 0 Å². The molecule has 2 rings (SSSR count). The molecule has 0 saturated heterocycles. The fraction of sp³-hybridized carbons (Fsp3) is 0.316. The summed E-state index contributed by atoms with van der Waals surface area (Å²) in [6, 6.07) is 18.5. The molecule has 0 saturated carbocycles. The van der Waals surface area contributed by atoms with Crippen LogP contribution in [0.4, 0.5) is 0 Å². The van der Waals surface area contributed by atoms with Gasteiger partial charge in [-0.1, -0.05) is 53.3 Å². The van der Waals surface area contributed by atoms with Gasteiger partial charge in [0.05, 0.1) is 11.3 Å². The van der Waals surface area contributed by atoms with Crippen molar-refractivity contribution in [2.75, 3.05) is 6.79 Å². The molecule has 0 radical (unpaired) electrons. The molecule has 4 heteroatoms. The van der Waals surface area contributed by atoms with Gasteiger partial charge in [-0.05, 0) is 45.9 Å². The van der Waals surface area contributed by atoms with Crippen molar-refractivity contribution in [1.29, 1.82) is 0 Å². The first kappa shape index (κ1) is 17.6. The maximum atomic E-state index is 5.51. The minimum absolute atomic E-state index is 0.148. The lowest BCUT2D eigenvalue weighted by atomic mass is 10.1. The van der Waals surface area contributed by atoms with Crippen molar-refractivity contribution in [3.8, 4) is 0 Å². The Labute approximate surface area is 142 Å². The van der Waals surface area contributed by atoms with Crippen molar-refractivity contribution in [2.24, 2.45) is 5.16 Å². The van der Waals surface area contributed by atoms with Crippen LogP contribution in [0.25, 0.3) is 0 Å². The number of hydrogen-bond acceptors (Lipinski definition) is 4. The molecule has 0 aliphatic heterocycles. The van der Waals surface area contributed by atoms with Gasteiger partial charge < -0.3 is 9.57 Å². The maximum absolute atomic E-state index is 5.51. The Hall–Kier alpha value is -1.78. The maximum Gasteiger partial charge on any atom is 0.217 e. The van der Waals surface area contributed by atoms with Crippen molar-refractivity contribution >= 4 is 17.5 Å². The molecule has 0 spiro atoms. The van der Waals surface area contributed by atoms with Gasteiger partial charge in [0.2, 0.25) is 6.79 Å². The minimum Gasteiger partial charge on any atom is -0.367 e. The van der Waals surface area contributed by atoms with Crippen molar-refractivity contribution in [3.63, 3.8) is 0 Å². The summed E-state index contributed by atoms with van der Waals surface area (Å²) in [7, 11) is 0. The number of ether oxygens (including phenoxy) is 1. The molecular weight excluding hydrogens is 306 g/mol. The normalized spacial score (nSPS) is 12.3. The predicted molar refractivity (Wildman–Crippen MR) is 96.0 cm³/mol. The summed E-state index contributed by atoms with van der Waals surface area (Å²) in [5.41, 5.74) is 1.67. The Kier molecular flexibility index (Phi) is 6.25. The summed E-state index contributed by atoms with van der Waals surface area (Å²) in [6.45, 7) is 8.05. The van der Waals surface area contributed by atoms with Crippen LogP contribution in [0.5, 0.6) is 0 Å². The Morgan fingerprint density at radius 3 is 2.35 bits per heavy atom. The molecule has 0 heterocycles. The van der Waals surface area contributed by atoms with Gasteiger partial charge in [-0.2, -0.15) is 0 Å². The topological polar surface area (TPSA) is 30.8 Å². The van der Waals surface area contributed by atoms with Crippen LogP contribution in [0, 0.1) is 0 Å². The van der Waals surface area contributed by atoms with Crippen molar-refractivity contribution in [1.82, 2.24) is 0 Å². The largest absolute Gasteiger partial charge is 0.367 e. The van der Waals surface area contributed by atoms with Gasteiger partial charge in [0.15, 0.2) is 0 Å². The first-order valence-electron chi connectivity index (χ1n) is 7.58. The lowest BCUT2D eigenvalue weighted by molar-refractivity contribution is -0.119. The molecule has 0 aliphatic rings. The van der Waals surface area contributed by atoms with E-state index in [4.69, 9.17) is 9.57 Å². The number of rotatable bonds is 6. The van der Waals surface area contributed by atoms with Gasteiger partial charge in [-0.25, -0.2) is 0 Å². The molecule has 0 N–H and O–H groups in total. The molecule has 0 fully saturated rings. The second kappa shape index (κ2) is 8.18. The van der Waals surface area contributed by atoms with Crippen molar-refractivity contribution < 1.29 is 9.57 Å². The third-order valence-corrected chi connectivity index (χ3v) is 4.08. The van der Waals surface area contributed by atoms with Crippen LogP contribution in [-0.2, 0) is 9.57 Å². The van der Waals surface area contributed by atoms with Crippen molar-refractivity contribution in [2.45, 2.75) is 43.1 Å². The monoisotopic (exact) mass is 329 g/mol. The fourth-order valence-corrected chi connectivity index (χ4v) is 2.86. The van der Waals surface area contributed by atoms with Crippen LogP contribution in [-0.4, -0.2) is 18.1 Å². The Morgan fingerprint density at radius 1 is 1.00 bits per heavy atom. The lowest BCUT2D eigenvalue weighted by Gasteiger charge is -2.18. The van der Waals surface area contributed by atoms with E-state index in [0.29, 0.717) is 0 Å². The molecule has 3 nitrogen and oxygen atoms in total. The molecule has 0 bridgehead atoms. The predicted octanol–water partition coefficient (Wildman–Crippen LogP) is 5.35. The van der Waals surface area contributed by atoms with E-state index in [2.05, 4.69) is 29.4 Å². The van der Waals surface area contributed by atoms with E-state index in [9.17, 15) is 0 Å². The van der Waals surface area contributed by atoms with Crippen LogP contribution in [0.15, 0.2) is 69.5 Å². The van der Waals surface area contributed by atoms with Crippen LogP contribution >= 0.6 is 11.8 Å². The van der Waals surface area contributed by atoms with E-state index in [0.717, 1.165) is 16.2 Å². The molecule has 2 aromatic carbocycles. The van der Waals surface area contributed by atoms with E-state index >= 15 is 0 Å². The van der Waals surface area contributed by atoms with E-state index in [1.54, 1.807) is 11.8 Å². The molecule has 2 aromatic rings. The van der Waals surface area contributed by atoms with E-state index in [-0.39, 0.29) is 12.4 Å². The summed E-state index contributed by atoms with van der Waals surface area (Å²) in [5.74, 6) is 0. The molecule has 0 aliphatic carbocycles. The number of oxime groups is 1. The Balaban J connectivity index is 2.07. The molecule has 23 heavy (non-hydrogen) atoms. The van der Waals surface area contributed by atoms with Crippen LogP contribution in [0.2, 0.25) is 0 Å². The molecule has 0 amide bonds. The quantitative estimate of drug-likeness (QED) is 0.310. The summed E-state index contributed by atoms with van der Waals surface area (Å²) in [5, 5.41) is 4.18. The number of benzene rings is 2. The van der Waals surface area contributed by atoms with Gasteiger partial charge in [-0.3, -0.25) is 0 Å². The first-order chi connectivity index (χ1) is 11.0. The fourth-order valence-electron chi connectivity index (χ4n) is 1.85. The second-order valence-corrected chi connectivity index (χ2v) is 7.21. The Morgan fingerprint density at radius 2 is 1.65 bits per heavy atom. The zero-order chi connectivity index (χ0) is 16.7. The van der Waals surface area contributed by atoms with Crippen LogP contribution in [0.3, 0.4) is 0 Å². The highest BCUT2D eigenvalue weighted by Gasteiger charge is 2.10. The second-order valence-electron chi connectivity index (χ2n) is 6.09. The minimum atomic E-state index is -0.232. The third kappa shape index (κ3) is 6.08. The van der Waals surface area contributed by atoms with Gasteiger partial charge in [-0.15, -0.1) is 0 Å². The van der Waals surface area contributed by atoms with Gasteiger partial charge in [0.25, 0.3) is 0 Å². The average molecular weight is 329 g/mol. The highest BCUT2D eigenvalue weighted by atomic mass is 32.2. The summed E-state index contributed by atoms with van der Waals surface area (Å²) in [6.07, 6.45) is 0. The van der Waals surface area contributed by atoms with Gasteiger partial charge >= 0.3 is 0 Å². The summed E-state index contributed by atoms with van der Waals surface area (Å²) in [4.78, 5) is 7.64. The number of nitrogens with zero attached hydrogens (tertiary/aromatic N) is 1. The highest BCUT2D eigenvalue weighted by molar-refractivity contribution is 7.99. The van der Waals surface area contributed by atoms with E-state index < -0.39 is 0 Å². The SMILES string of the molecule is C/C(=N/OCOC(C)(C)C)c1ccccc1Sc1ccccc1. The highest BCUT2D eigenvalue weighted by Crippen LogP contribution is 2.30. The standard InChI is InChI=1S/C19H23NO2S/c1-15(20-22-14-21-19(2,3)4)17-12-8-9-13-18(17)23-16-10-6-5-7-11-16/h5-13H,14H2,1-4H3/b20-15-. The summed E-state index contributed by atoms with van der Waals surface area (Å²) >= 11 is 1.72. The smallest absolute Gasteiger partial charge is 0.217 e. The van der Waals surface area contributed by atoms with E-state index in [1.807, 2.05) is 58.0 Å². The Bertz CT molecular complexity index is 648. The average Bonchev–Trinajstić information content (AvgIpc) is 2.52. The molecule has 0 atom stereocenters. The lowest BCUT2D eigenvalue weighted by Crippen LogP contribution is -2.20. The first-order valence-corrected chi connectivity index (χ1v) is 8.40. The van der Waals surface area contributed by atoms with Crippen molar-refractivity contribution in [3.05, 3.63) is 60.2 Å². The molecule has 0 aromatic heterocycles. The summed E-state index contributed by atoms with van der Waals surface area (Å²) < 4.78 is 5.51. The van der Waals surface area contributed by atoms with Gasteiger partial charge in [0, 0.05) is 15.4 Å². The third-order valence-electron chi connectivity index (χ3n) is 2.99. The molecular formula is C19H23NO2S. The molecule has 122 valence electrons. The zero-order valence-corrected chi connectivity index (χ0v) is 14.9. The zero-order valence-electron chi connectivity index (χ0n) is 14.1.